The molecule has 1 aromatic rings. The van der Waals surface area contributed by atoms with Gasteiger partial charge in [0.1, 0.15) is 17.8 Å². The van der Waals surface area contributed by atoms with E-state index in [1.165, 1.54) is 6.08 Å². The molecule has 1 saturated carbocycles. The molecule has 0 heterocycles. The van der Waals surface area contributed by atoms with Crippen LogP contribution in [0.5, 0.6) is 0 Å². The Balaban J connectivity index is 2.25. The average molecular weight is 573 g/mol. The van der Waals surface area contributed by atoms with Crippen LogP contribution >= 0.6 is 0 Å². The predicted octanol–water partition coefficient (Wildman–Crippen LogP) is 2.54. The van der Waals surface area contributed by atoms with E-state index in [1.807, 2.05) is 0 Å². The van der Waals surface area contributed by atoms with Crippen LogP contribution in [0.2, 0.25) is 0 Å². The molecule has 1 fully saturated rings. The number of benzene rings is 1. The minimum absolute atomic E-state index is 0.0576. The van der Waals surface area contributed by atoms with Crippen LogP contribution < -0.4 is 0 Å². The highest BCUT2D eigenvalue weighted by Gasteiger charge is 2.62. The number of fused-ring (bicyclic) bond motifs is 1. The molecule has 0 aromatic heterocycles. The van der Waals surface area contributed by atoms with Gasteiger partial charge in [-0.15, -0.1) is 0 Å². The second kappa shape index (κ2) is 12.3. The van der Waals surface area contributed by atoms with E-state index < -0.39 is 83.0 Å². The van der Waals surface area contributed by atoms with Gasteiger partial charge in [0, 0.05) is 30.8 Å². The highest BCUT2D eigenvalue weighted by atomic mass is 16.6. The minimum atomic E-state index is -2.01. The molecule has 10 nitrogen and oxygen atoms in total. The SMILES string of the molecule is C=C1C(OC(C)=O)C(O)C(=O)C(C)(C)C=CC(C)C(O)C2(O)CC(C)C(OC(=O)c3ccccc3)C2C1OC(C)=O. The summed E-state index contributed by atoms with van der Waals surface area (Å²) in [4.78, 5) is 51.1. The van der Waals surface area contributed by atoms with Crippen molar-refractivity contribution >= 4 is 23.7 Å². The van der Waals surface area contributed by atoms with Crippen molar-refractivity contribution in [2.45, 2.75) is 84.1 Å². The van der Waals surface area contributed by atoms with Gasteiger partial charge in [-0.25, -0.2) is 4.79 Å². The van der Waals surface area contributed by atoms with Gasteiger partial charge in [-0.05, 0) is 38.3 Å². The minimum Gasteiger partial charge on any atom is -0.458 e. The molecule has 3 N–H and O–H groups in total. The van der Waals surface area contributed by atoms with Crippen molar-refractivity contribution in [3.05, 3.63) is 60.2 Å². The molecular formula is C31H40O10. The number of carbonyl (C=O) groups excluding carboxylic acids is 4. The first kappa shape index (κ1) is 32.2. The first-order valence-corrected chi connectivity index (χ1v) is 13.6. The third kappa shape index (κ3) is 6.60. The molecule has 10 heteroatoms. The Kier molecular flexibility index (Phi) is 9.62. The number of ketones is 1. The van der Waals surface area contributed by atoms with E-state index >= 15 is 0 Å². The summed E-state index contributed by atoms with van der Waals surface area (Å²) >= 11 is 0. The first-order valence-electron chi connectivity index (χ1n) is 13.6. The largest absolute Gasteiger partial charge is 0.458 e. The van der Waals surface area contributed by atoms with E-state index in [1.54, 1.807) is 64.1 Å². The Bertz CT molecular complexity index is 1200. The molecule has 0 saturated heterocycles. The molecule has 2 aliphatic rings. The summed E-state index contributed by atoms with van der Waals surface area (Å²) in [7, 11) is 0. The fourth-order valence-corrected chi connectivity index (χ4v) is 5.91. The van der Waals surface area contributed by atoms with Crippen molar-refractivity contribution in [2.24, 2.45) is 23.2 Å². The monoisotopic (exact) mass is 572 g/mol. The standard InChI is InChI=1S/C31H40O10/c1-16-13-14-30(6,7)28(36)23(34)26(40-20(5)33)18(3)25(39-19(4)32)22-24(17(2)15-31(22,38)27(16)35)41-29(37)21-11-9-8-10-12-21/h8-14,16-17,22-27,34-35,38H,3,15H2,1-2,4-7H3. The Morgan fingerprint density at radius 1 is 0.951 bits per heavy atom. The van der Waals surface area contributed by atoms with Crippen molar-refractivity contribution in [1.82, 2.24) is 0 Å². The van der Waals surface area contributed by atoms with Gasteiger partial charge in [0.15, 0.2) is 18.0 Å². The fourth-order valence-electron chi connectivity index (χ4n) is 5.91. The summed E-state index contributed by atoms with van der Waals surface area (Å²) in [5.74, 6) is -5.68. The lowest BCUT2D eigenvalue weighted by Crippen LogP contribution is -2.58. The molecule has 41 heavy (non-hydrogen) atoms. The van der Waals surface area contributed by atoms with Gasteiger partial charge < -0.3 is 29.5 Å². The lowest BCUT2D eigenvalue weighted by molar-refractivity contribution is -0.175. The van der Waals surface area contributed by atoms with Crippen LogP contribution in [0.15, 0.2) is 54.6 Å². The lowest BCUT2D eigenvalue weighted by atomic mass is 9.72. The van der Waals surface area contributed by atoms with E-state index in [0.717, 1.165) is 13.8 Å². The van der Waals surface area contributed by atoms with Crippen LogP contribution in [0, 0.1) is 23.2 Å². The second-order valence-electron chi connectivity index (χ2n) is 11.8. The number of carbonyl (C=O) groups is 4. The fraction of sp³-hybridized carbons (Fsp3) is 0.548. The average Bonchev–Trinajstić information content (AvgIpc) is 3.16. The van der Waals surface area contributed by atoms with Gasteiger partial charge in [-0.1, -0.05) is 50.8 Å². The Hall–Kier alpha value is -3.34. The van der Waals surface area contributed by atoms with Crippen LogP contribution in [-0.2, 0) is 28.6 Å². The molecule has 0 radical (unpaired) electrons. The molecular weight excluding hydrogens is 532 g/mol. The maximum atomic E-state index is 13.4. The van der Waals surface area contributed by atoms with Gasteiger partial charge in [-0.3, -0.25) is 14.4 Å². The van der Waals surface area contributed by atoms with Crippen molar-refractivity contribution in [3.8, 4) is 0 Å². The number of Topliss-reactive ketones (excluding diaryl/α,β-unsaturated/α-hetero) is 1. The van der Waals surface area contributed by atoms with E-state index in [0.29, 0.717) is 0 Å². The molecule has 0 spiro atoms. The Morgan fingerprint density at radius 2 is 1.51 bits per heavy atom. The van der Waals surface area contributed by atoms with Gasteiger partial charge in [0.25, 0.3) is 0 Å². The molecule has 3 rings (SSSR count). The van der Waals surface area contributed by atoms with Crippen LogP contribution in [0.3, 0.4) is 0 Å². The van der Waals surface area contributed by atoms with E-state index in [9.17, 15) is 34.5 Å². The Labute approximate surface area is 240 Å². The molecule has 224 valence electrons. The summed E-state index contributed by atoms with van der Waals surface area (Å²) < 4.78 is 16.9. The zero-order valence-electron chi connectivity index (χ0n) is 24.3. The van der Waals surface area contributed by atoms with Crippen LogP contribution in [0.1, 0.15) is 58.3 Å². The van der Waals surface area contributed by atoms with Crippen LogP contribution in [0.4, 0.5) is 0 Å². The van der Waals surface area contributed by atoms with Crippen molar-refractivity contribution in [3.63, 3.8) is 0 Å². The zero-order chi connectivity index (χ0) is 30.9. The summed E-state index contributed by atoms with van der Waals surface area (Å²) in [6.07, 6.45) is -4.73. The van der Waals surface area contributed by atoms with Gasteiger partial charge >= 0.3 is 17.9 Å². The normalized spacial score (nSPS) is 35.4. The molecule has 9 atom stereocenters. The van der Waals surface area contributed by atoms with E-state index in [4.69, 9.17) is 14.2 Å². The third-order valence-corrected chi connectivity index (χ3v) is 8.05. The molecule has 1 aromatic carbocycles. The summed E-state index contributed by atoms with van der Waals surface area (Å²) in [5, 5.41) is 35.0. The highest BCUT2D eigenvalue weighted by Crippen LogP contribution is 2.50. The van der Waals surface area contributed by atoms with Crippen molar-refractivity contribution < 1.29 is 48.7 Å². The topological polar surface area (TPSA) is 157 Å². The highest BCUT2D eigenvalue weighted by molar-refractivity contribution is 5.91. The quantitative estimate of drug-likeness (QED) is 0.278. The zero-order valence-corrected chi connectivity index (χ0v) is 24.3. The number of aliphatic hydroxyl groups is 3. The first-order chi connectivity index (χ1) is 19.0. The van der Waals surface area contributed by atoms with Crippen molar-refractivity contribution in [2.75, 3.05) is 0 Å². The van der Waals surface area contributed by atoms with Crippen molar-refractivity contribution in [1.29, 1.82) is 0 Å². The van der Waals surface area contributed by atoms with Gasteiger partial charge in [0.05, 0.1) is 17.6 Å². The van der Waals surface area contributed by atoms with Gasteiger partial charge in [0.2, 0.25) is 0 Å². The maximum Gasteiger partial charge on any atom is 0.338 e. The number of ether oxygens (including phenoxy) is 3. The number of aliphatic hydroxyl groups excluding tert-OH is 2. The molecule has 0 amide bonds. The number of esters is 3. The maximum absolute atomic E-state index is 13.4. The second-order valence-corrected chi connectivity index (χ2v) is 11.8. The summed E-state index contributed by atoms with van der Waals surface area (Å²) in [6, 6.07) is 8.16. The summed E-state index contributed by atoms with van der Waals surface area (Å²) in [5.41, 5.74) is -3.26. The van der Waals surface area contributed by atoms with Gasteiger partial charge in [-0.2, -0.15) is 0 Å². The molecule has 0 aliphatic heterocycles. The smallest absolute Gasteiger partial charge is 0.338 e. The molecule has 2 aliphatic carbocycles. The molecule has 9 unspecified atom stereocenters. The van der Waals surface area contributed by atoms with E-state index in [-0.39, 0.29) is 17.6 Å². The predicted molar refractivity (Wildman–Crippen MR) is 147 cm³/mol. The summed E-state index contributed by atoms with van der Waals surface area (Å²) in [6.45, 7) is 12.6. The lowest BCUT2D eigenvalue weighted by Gasteiger charge is -2.43. The van der Waals surface area contributed by atoms with E-state index in [2.05, 4.69) is 6.58 Å². The number of allylic oxidation sites excluding steroid dienone is 1. The number of rotatable bonds is 4. The van der Waals surface area contributed by atoms with Crippen LogP contribution in [0.25, 0.3) is 0 Å². The van der Waals surface area contributed by atoms with Crippen LogP contribution in [-0.4, -0.2) is 75.1 Å². The molecule has 0 bridgehead atoms. The third-order valence-electron chi connectivity index (χ3n) is 8.05. The Morgan fingerprint density at radius 3 is 2.07 bits per heavy atom. The number of hydrogen-bond acceptors (Lipinski definition) is 10. The number of hydrogen-bond donors (Lipinski definition) is 3.